The summed E-state index contributed by atoms with van der Waals surface area (Å²) in [5.74, 6) is -0.263. The maximum atomic E-state index is 11.8. The molecule has 0 spiro atoms. The van der Waals surface area contributed by atoms with Crippen LogP contribution in [0.4, 0.5) is 10.5 Å². The summed E-state index contributed by atoms with van der Waals surface area (Å²) in [6.45, 7) is 2.87. The minimum atomic E-state index is -0.860. The highest BCUT2D eigenvalue weighted by molar-refractivity contribution is 5.99. The van der Waals surface area contributed by atoms with Crippen LogP contribution in [0.1, 0.15) is 17.3 Å². The van der Waals surface area contributed by atoms with Crippen molar-refractivity contribution in [3.63, 3.8) is 0 Å². The monoisotopic (exact) mass is 252 g/mol. The third-order valence-corrected chi connectivity index (χ3v) is 2.06. The van der Waals surface area contributed by atoms with Gasteiger partial charge in [0.15, 0.2) is 0 Å². The summed E-state index contributed by atoms with van der Waals surface area (Å²) in [6.07, 6.45) is 2.26. The van der Waals surface area contributed by atoms with Gasteiger partial charge in [-0.15, -0.1) is 0 Å². The topological polar surface area (TPSA) is 106 Å². The maximum Gasteiger partial charge on any atom is 0.404 e. The summed E-state index contributed by atoms with van der Waals surface area (Å²) in [7, 11) is 0. The average molecular weight is 252 g/mol. The van der Waals surface area contributed by atoms with Gasteiger partial charge in [0.2, 0.25) is 0 Å². The third-order valence-electron chi connectivity index (χ3n) is 2.06. The van der Waals surface area contributed by atoms with E-state index in [0.717, 1.165) is 0 Å². The van der Waals surface area contributed by atoms with Gasteiger partial charge < -0.3 is 21.1 Å². The highest BCUT2D eigenvalue weighted by atomic mass is 16.5. The highest BCUT2D eigenvalue weighted by Gasteiger charge is 2.10. The van der Waals surface area contributed by atoms with Crippen LogP contribution in [0.3, 0.4) is 0 Å². The Labute approximate surface area is 105 Å². The Morgan fingerprint density at radius 3 is 2.94 bits per heavy atom. The summed E-state index contributed by atoms with van der Waals surface area (Å²) in [5.41, 5.74) is 5.94. The number of ether oxygens (including phenoxy) is 1. The van der Waals surface area contributed by atoms with Crippen LogP contribution >= 0.6 is 0 Å². The summed E-state index contributed by atoms with van der Waals surface area (Å²) in [6, 6.07) is 1.61. The predicted octanol–water partition coefficient (Wildman–Crippen LogP) is 0.339. The van der Waals surface area contributed by atoms with Crippen molar-refractivity contribution >= 4 is 17.7 Å². The van der Waals surface area contributed by atoms with Gasteiger partial charge >= 0.3 is 6.09 Å². The first-order valence-corrected chi connectivity index (χ1v) is 5.53. The van der Waals surface area contributed by atoms with E-state index in [4.69, 9.17) is 5.73 Å². The number of hydrogen-bond acceptors (Lipinski definition) is 5. The van der Waals surface area contributed by atoms with Crippen LogP contribution in [0.25, 0.3) is 0 Å². The van der Waals surface area contributed by atoms with Crippen molar-refractivity contribution < 1.29 is 14.3 Å². The molecule has 0 unspecified atom stereocenters. The first-order valence-electron chi connectivity index (χ1n) is 5.53. The minimum Gasteiger partial charge on any atom is -0.448 e. The number of carbonyl (C=O) groups is 2. The van der Waals surface area contributed by atoms with Crippen molar-refractivity contribution in [2.24, 2.45) is 5.73 Å². The van der Waals surface area contributed by atoms with Gasteiger partial charge in [-0.25, -0.2) is 4.79 Å². The zero-order valence-corrected chi connectivity index (χ0v) is 10.1. The van der Waals surface area contributed by atoms with E-state index in [-0.39, 0.29) is 19.1 Å². The summed E-state index contributed by atoms with van der Waals surface area (Å²) >= 11 is 0. The molecule has 18 heavy (non-hydrogen) atoms. The van der Waals surface area contributed by atoms with E-state index < -0.39 is 6.09 Å². The fourth-order valence-electron chi connectivity index (χ4n) is 1.34. The third kappa shape index (κ3) is 4.28. The van der Waals surface area contributed by atoms with Crippen molar-refractivity contribution in [3.8, 4) is 0 Å². The average Bonchev–Trinajstić information content (AvgIpc) is 2.35. The number of primary amides is 1. The number of pyridine rings is 1. The molecule has 2 amide bonds. The number of carbonyl (C=O) groups excluding carboxylic acids is 2. The van der Waals surface area contributed by atoms with Crippen LogP contribution in [0.5, 0.6) is 0 Å². The number of aromatic nitrogens is 1. The fourth-order valence-corrected chi connectivity index (χ4v) is 1.34. The molecule has 1 heterocycles. The van der Waals surface area contributed by atoms with Crippen LogP contribution in [-0.2, 0) is 4.74 Å². The van der Waals surface area contributed by atoms with Gasteiger partial charge in [0.1, 0.15) is 6.61 Å². The Kier molecular flexibility index (Phi) is 5.43. The molecule has 0 aliphatic heterocycles. The zero-order chi connectivity index (χ0) is 13.4. The maximum absolute atomic E-state index is 11.8. The molecule has 0 atom stereocenters. The molecule has 1 aromatic rings. The van der Waals surface area contributed by atoms with E-state index in [0.29, 0.717) is 17.8 Å². The Balaban J connectivity index is 2.53. The first-order chi connectivity index (χ1) is 8.65. The van der Waals surface area contributed by atoms with Crippen molar-refractivity contribution in [1.29, 1.82) is 0 Å². The Morgan fingerprint density at radius 2 is 2.28 bits per heavy atom. The number of hydrogen-bond donors (Lipinski definition) is 3. The second-order valence-electron chi connectivity index (χ2n) is 3.37. The molecule has 0 bridgehead atoms. The van der Waals surface area contributed by atoms with Gasteiger partial charge in [-0.3, -0.25) is 9.78 Å². The molecule has 0 aliphatic carbocycles. The normalized spacial score (nSPS) is 9.61. The number of amides is 2. The molecule has 1 rings (SSSR count). The largest absolute Gasteiger partial charge is 0.448 e. The lowest BCUT2D eigenvalue weighted by Crippen LogP contribution is -2.29. The summed E-state index contributed by atoms with van der Waals surface area (Å²) in [4.78, 5) is 26.1. The number of nitrogens with one attached hydrogen (secondary N) is 2. The quantitative estimate of drug-likeness (QED) is 0.633. The van der Waals surface area contributed by atoms with Gasteiger partial charge in [0.25, 0.3) is 5.91 Å². The first kappa shape index (κ1) is 13.8. The van der Waals surface area contributed by atoms with E-state index in [2.05, 4.69) is 20.4 Å². The molecule has 0 aromatic carbocycles. The molecule has 7 nitrogen and oxygen atoms in total. The number of nitrogens with zero attached hydrogens (tertiary/aromatic N) is 1. The van der Waals surface area contributed by atoms with Crippen molar-refractivity contribution in [3.05, 3.63) is 24.0 Å². The van der Waals surface area contributed by atoms with E-state index in [9.17, 15) is 9.59 Å². The Bertz CT molecular complexity index is 423. The van der Waals surface area contributed by atoms with Gasteiger partial charge in [0.05, 0.1) is 24.0 Å². The number of nitrogens with two attached hydrogens (primary N) is 1. The molecule has 98 valence electrons. The van der Waals surface area contributed by atoms with Crippen LogP contribution < -0.4 is 16.4 Å². The molecular weight excluding hydrogens is 236 g/mol. The summed E-state index contributed by atoms with van der Waals surface area (Å²) in [5, 5.41) is 5.65. The minimum absolute atomic E-state index is 0.0443. The Morgan fingerprint density at radius 1 is 1.50 bits per heavy atom. The van der Waals surface area contributed by atoms with Gasteiger partial charge in [0, 0.05) is 12.7 Å². The predicted molar refractivity (Wildman–Crippen MR) is 66.3 cm³/mol. The lowest BCUT2D eigenvalue weighted by atomic mass is 10.2. The summed E-state index contributed by atoms with van der Waals surface area (Å²) < 4.78 is 4.50. The SMILES string of the molecule is CCNc1cnccc1C(=O)NCCOC(N)=O. The van der Waals surface area contributed by atoms with Crippen LogP contribution in [0.2, 0.25) is 0 Å². The highest BCUT2D eigenvalue weighted by Crippen LogP contribution is 2.12. The lowest BCUT2D eigenvalue weighted by molar-refractivity contribution is 0.0937. The molecule has 0 fully saturated rings. The Hall–Kier alpha value is -2.31. The second-order valence-corrected chi connectivity index (χ2v) is 3.37. The molecule has 0 aliphatic rings. The molecule has 0 saturated carbocycles. The standard InChI is InChI=1S/C11H16N4O3/c1-2-14-9-7-13-4-3-8(9)10(16)15-5-6-18-11(12)17/h3-4,7,14H,2,5-6H2,1H3,(H2,12,17)(H,15,16). The molecular formula is C11H16N4O3. The van der Waals surface area contributed by atoms with E-state index in [1.807, 2.05) is 6.92 Å². The van der Waals surface area contributed by atoms with Crippen molar-refractivity contribution in [2.75, 3.05) is 25.0 Å². The van der Waals surface area contributed by atoms with Gasteiger partial charge in [-0.05, 0) is 13.0 Å². The van der Waals surface area contributed by atoms with Crippen LogP contribution in [0, 0.1) is 0 Å². The van der Waals surface area contributed by atoms with Crippen LogP contribution in [-0.4, -0.2) is 36.7 Å². The van der Waals surface area contributed by atoms with E-state index in [1.54, 1.807) is 12.3 Å². The second kappa shape index (κ2) is 7.10. The van der Waals surface area contributed by atoms with E-state index >= 15 is 0 Å². The lowest BCUT2D eigenvalue weighted by Gasteiger charge is -2.10. The van der Waals surface area contributed by atoms with Gasteiger partial charge in [-0.1, -0.05) is 0 Å². The van der Waals surface area contributed by atoms with Crippen molar-refractivity contribution in [1.82, 2.24) is 10.3 Å². The molecule has 4 N–H and O–H groups in total. The zero-order valence-electron chi connectivity index (χ0n) is 10.1. The number of anilines is 1. The van der Waals surface area contributed by atoms with E-state index in [1.165, 1.54) is 6.20 Å². The molecule has 0 saturated heterocycles. The molecule has 0 radical (unpaired) electrons. The van der Waals surface area contributed by atoms with Crippen molar-refractivity contribution in [2.45, 2.75) is 6.92 Å². The van der Waals surface area contributed by atoms with Crippen LogP contribution in [0.15, 0.2) is 18.5 Å². The fraction of sp³-hybridized carbons (Fsp3) is 0.364. The molecule has 1 aromatic heterocycles. The van der Waals surface area contributed by atoms with Gasteiger partial charge in [-0.2, -0.15) is 0 Å². The number of rotatable bonds is 6. The smallest absolute Gasteiger partial charge is 0.404 e. The molecule has 7 heteroatoms.